The van der Waals surface area contributed by atoms with Gasteiger partial charge >= 0.3 is 0 Å². The fourth-order valence-electron chi connectivity index (χ4n) is 1.36. The molecule has 0 spiro atoms. The number of thiophene rings is 1. The van der Waals surface area contributed by atoms with E-state index in [2.05, 4.69) is 15.9 Å². The second-order valence-electron chi connectivity index (χ2n) is 3.31. The van der Waals surface area contributed by atoms with Crippen molar-refractivity contribution in [2.24, 2.45) is 5.73 Å². The van der Waals surface area contributed by atoms with Gasteiger partial charge in [-0.3, -0.25) is 0 Å². The second kappa shape index (κ2) is 4.35. The van der Waals surface area contributed by atoms with Gasteiger partial charge < -0.3 is 11.5 Å². The van der Waals surface area contributed by atoms with Crippen molar-refractivity contribution < 1.29 is 0 Å². The van der Waals surface area contributed by atoms with Gasteiger partial charge in [0.15, 0.2) is 0 Å². The topological polar surface area (TPSA) is 52.0 Å². The number of anilines is 1. The van der Waals surface area contributed by atoms with Crippen molar-refractivity contribution in [1.82, 2.24) is 0 Å². The van der Waals surface area contributed by atoms with Gasteiger partial charge in [0.1, 0.15) is 0 Å². The van der Waals surface area contributed by atoms with Gasteiger partial charge in [-0.2, -0.15) is 0 Å². The zero-order chi connectivity index (χ0) is 10.8. The Morgan fingerprint density at radius 1 is 1.20 bits per heavy atom. The minimum absolute atomic E-state index is 0.0677. The fraction of sp³-hybridized carbons (Fsp3) is 0.0909. The van der Waals surface area contributed by atoms with Gasteiger partial charge in [-0.05, 0) is 39.7 Å². The number of rotatable bonds is 2. The lowest BCUT2D eigenvalue weighted by molar-refractivity contribution is 0.893. The van der Waals surface area contributed by atoms with Crippen LogP contribution in [-0.4, -0.2) is 0 Å². The first-order valence-electron chi connectivity index (χ1n) is 4.52. The normalized spacial score (nSPS) is 12.7. The highest BCUT2D eigenvalue weighted by molar-refractivity contribution is 9.10. The van der Waals surface area contributed by atoms with Crippen molar-refractivity contribution in [2.45, 2.75) is 6.04 Å². The fourth-order valence-corrected chi connectivity index (χ4v) is 2.83. The van der Waals surface area contributed by atoms with Crippen LogP contribution in [0.15, 0.2) is 40.2 Å². The van der Waals surface area contributed by atoms with Gasteiger partial charge in [0.25, 0.3) is 0 Å². The van der Waals surface area contributed by atoms with E-state index in [9.17, 15) is 0 Å². The number of benzene rings is 1. The molecule has 2 aromatic rings. The Labute approximate surface area is 101 Å². The predicted octanol–water partition coefficient (Wildman–Crippen LogP) is 3.14. The van der Waals surface area contributed by atoms with Crippen LogP contribution in [0.25, 0.3) is 0 Å². The van der Waals surface area contributed by atoms with Crippen molar-refractivity contribution in [2.75, 3.05) is 5.73 Å². The van der Waals surface area contributed by atoms with E-state index in [0.717, 1.165) is 20.6 Å². The summed E-state index contributed by atoms with van der Waals surface area (Å²) in [5, 5.41) is 2.03. The number of nitrogen functional groups attached to an aromatic ring is 1. The first-order valence-corrected chi connectivity index (χ1v) is 6.19. The third-order valence-electron chi connectivity index (χ3n) is 2.19. The van der Waals surface area contributed by atoms with E-state index in [-0.39, 0.29) is 6.04 Å². The molecule has 0 bridgehead atoms. The summed E-state index contributed by atoms with van der Waals surface area (Å²) in [7, 11) is 0. The van der Waals surface area contributed by atoms with Crippen molar-refractivity contribution >= 4 is 33.0 Å². The third kappa shape index (κ3) is 2.40. The summed E-state index contributed by atoms with van der Waals surface area (Å²) in [4.78, 5) is 1.15. The SMILES string of the molecule is Nc1ccc(C(N)c2cc(Br)cs2)cc1. The van der Waals surface area contributed by atoms with Crippen LogP contribution in [0.4, 0.5) is 5.69 Å². The Morgan fingerprint density at radius 3 is 2.40 bits per heavy atom. The van der Waals surface area contributed by atoms with Gasteiger partial charge in [-0.15, -0.1) is 11.3 Å². The molecule has 2 rings (SSSR count). The van der Waals surface area contributed by atoms with Crippen LogP contribution in [0.1, 0.15) is 16.5 Å². The summed E-state index contributed by atoms with van der Waals surface area (Å²) in [5.74, 6) is 0. The minimum atomic E-state index is -0.0677. The van der Waals surface area contributed by atoms with E-state index in [0.29, 0.717) is 0 Å². The lowest BCUT2D eigenvalue weighted by atomic mass is 10.1. The Kier molecular flexibility index (Phi) is 3.09. The van der Waals surface area contributed by atoms with E-state index in [1.54, 1.807) is 11.3 Å². The van der Waals surface area contributed by atoms with Crippen LogP contribution in [0.2, 0.25) is 0 Å². The molecule has 0 aliphatic rings. The maximum absolute atomic E-state index is 6.13. The zero-order valence-electron chi connectivity index (χ0n) is 7.98. The van der Waals surface area contributed by atoms with Gasteiger partial charge in [-0.25, -0.2) is 0 Å². The molecule has 78 valence electrons. The molecule has 1 aromatic carbocycles. The number of hydrogen-bond acceptors (Lipinski definition) is 3. The molecule has 1 aromatic heterocycles. The minimum Gasteiger partial charge on any atom is -0.399 e. The van der Waals surface area contributed by atoms with E-state index in [1.165, 1.54) is 0 Å². The van der Waals surface area contributed by atoms with E-state index >= 15 is 0 Å². The zero-order valence-corrected chi connectivity index (χ0v) is 10.4. The van der Waals surface area contributed by atoms with Crippen LogP contribution >= 0.6 is 27.3 Å². The highest BCUT2D eigenvalue weighted by atomic mass is 79.9. The highest BCUT2D eigenvalue weighted by Crippen LogP contribution is 2.28. The smallest absolute Gasteiger partial charge is 0.0646 e. The maximum Gasteiger partial charge on any atom is 0.0646 e. The molecule has 4 N–H and O–H groups in total. The van der Waals surface area contributed by atoms with Crippen molar-refractivity contribution in [3.8, 4) is 0 Å². The highest BCUT2D eigenvalue weighted by Gasteiger charge is 2.10. The summed E-state index contributed by atoms with van der Waals surface area (Å²) in [6.07, 6.45) is 0. The maximum atomic E-state index is 6.13. The first kappa shape index (κ1) is 10.7. The van der Waals surface area contributed by atoms with Crippen molar-refractivity contribution in [3.05, 3.63) is 50.6 Å². The molecule has 0 aliphatic carbocycles. The Balaban J connectivity index is 2.28. The van der Waals surface area contributed by atoms with E-state index < -0.39 is 0 Å². The largest absolute Gasteiger partial charge is 0.399 e. The molecule has 2 nitrogen and oxygen atoms in total. The van der Waals surface area contributed by atoms with E-state index in [1.807, 2.05) is 35.7 Å². The Morgan fingerprint density at radius 2 is 1.87 bits per heavy atom. The molecule has 1 atom stereocenters. The van der Waals surface area contributed by atoms with Crippen molar-refractivity contribution in [1.29, 1.82) is 0 Å². The number of nitrogens with two attached hydrogens (primary N) is 2. The molecule has 0 saturated heterocycles. The van der Waals surface area contributed by atoms with E-state index in [4.69, 9.17) is 11.5 Å². The predicted molar refractivity (Wildman–Crippen MR) is 68.9 cm³/mol. The molecule has 0 amide bonds. The van der Waals surface area contributed by atoms with Gasteiger partial charge in [-0.1, -0.05) is 12.1 Å². The second-order valence-corrected chi connectivity index (χ2v) is 5.17. The summed E-state index contributed by atoms with van der Waals surface area (Å²) in [5.41, 5.74) is 13.6. The molecular formula is C11H11BrN2S. The van der Waals surface area contributed by atoms with Gasteiger partial charge in [0.2, 0.25) is 0 Å². The summed E-state index contributed by atoms with van der Waals surface area (Å²) in [6, 6.07) is 9.66. The molecule has 0 fully saturated rings. The van der Waals surface area contributed by atoms with Gasteiger partial charge in [0.05, 0.1) is 6.04 Å². The third-order valence-corrected chi connectivity index (χ3v) is 3.97. The van der Waals surface area contributed by atoms with Crippen LogP contribution in [0.3, 0.4) is 0 Å². The molecule has 0 aliphatic heterocycles. The summed E-state index contributed by atoms with van der Waals surface area (Å²) in [6.45, 7) is 0. The Bertz CT molecular complexity index is 450. The average Bonchev–Trinajstić information content (AvgIpc) is 2.65. The molecule has 1 unspecified atom stereocenters. The van der Waals surface area contributed by atoms with Crippen LogP contribution in [0, 0.1) is 0 Å². The number of hydrogen-bond donors (Lipinski definition) is 2. The van der Waals surface area contributed by atoms with Crippen LogP contribution in [-0.2, 0) is 0 Å². The van der Waals surface area contributed by atoms with Crippen LogP contribution < -0.4 is 11.5 Å². The monoisotopic (exact) mass is 282 g/mol. The first-order chi connectivity index (χ1) is 7.16. The molecule has 4 heteroatoms. The number of halogens is 1. The molecular weight excluding hydrogens is 272 g/mol. The lowest BCUT2D eigenvalue weighted by Crippen LogP contribution is -2.09. The summed E-state index contributed by atoms with van der Waals surface area (Å²) < 4.78 is 1.08. The lowest BCUT2D eigenvalue weighted by Gasteiger charge is -2.09. The van der Waals surface area contributed by atoms with Crippen LogP contribution in [0.5, 0.6) is 0 Å². The molecule has 1 heterocycles. The van der Waals surface area contributed by atoms with Gasteiger partial charge in [0, 0.05) is 20.4 Å². The molecule has 15 heavy (non-hydrogen) atoms. The average molecular weight is 283 g/mol. The van der Waals surface area contributed by atoms with Crippen molar-refractivity contribution in [3.63, 3.8) is 0 Å². The summed E-state index contributed by atoms with van der Waals surface area (Å²) >= 11 is 5.07. The molecule has 0 saturated carbocycles. The quantitative estimate of drug-likeness (QED) is 0.832. The Hall–Kier alpha value is -0.840. The standard InChI is InChI=1S/C11H11BrN2S/c12-8-5-10(15-6-8)11(14)7-1-3-9(13)4-2-7/h1-6,11H,13-14H2. The molecule has 0 radical (unpaired) electrons.